The van der Waals surface area contributed by atoms with Crippen LogP contribution in [0.5, 0.6) is 0 Å². The Labute approximate surface area is 256 Å². The van der Waals surface area contributed by atoms with Gasteiger partial charge in [0, 0.05) is 0 Å². The van der Waals surface area contributed by atoms with Crippen LogP contribution in [-0.2, 0) is 0 Å². The second-order valence-corrected chi connectivity index (χ2v) is 10.3. The van der Waals surface area contributed by atoms with Gasteiger partial charge in [0.25, 0.3) is 0 Å². The topological polar surface area (TPSA) is 0 Å². The first kappa shape index (κ1) is 51.4. The summed E-state index contributed by atoms with van der Waals surface area (Å²) in [5.74, 6) is 1.49. The van der Waals surface area contributed by atoms with Crippen molar-refractivity contribution in [3.05, 3.63) is 59.4 Å². The molecule has 0 amide bonds. The number of benzene rings is 1. The fourth-order valence-corrected chi connectivity index (χ4v) is 3.57. The lowest BCUT2D eigenvalue weighted by atomic mass is 9.84. The van der Waals surface area contributed by atoms with E-state index in [1.807, 2.05) is 69.2 Å². The van der Waals surface area contributed by atoms with Gasteiger partial charge in [0.15, 0.2) is 0 Å². The quantitative estimate of drug-likeness (QED) is 0.300. The Kier molecular flexibility index (Phi) is 57.3. The normalized spacial score (nSPS) is 11.1. The number of hydrogen-bond acceptors (Lipinski definition) is 0. The minimum atomic E-state index is -0.0782. The summed E-state index contributed by atoms with van der Waals surface area (Å²) in [6.07, 6.45) is 14.3. The molecule has 0 N–H and O–H groups in total. The zero-order valence-corrected chi connectivity index (χ0v) is 31.0. The van der Waals surface area contributed by atoms with Crippen molar-refractivity contribution in [2.24, 2.45) is 5.92 Å². The predicted molar refractivity (Wildman–Crippen MR) is 192 cm³/mol. The van der Waals surface area contributed by atoms with E-state index < -0.39 is 0 Å². The number of hydrogen-bond donors (Lipinski definition) is 0. The lowest BCUT2D eigenvalue weighted by molar-refractivity contribution is 0.442. The van der Waals surface area contributed by atoms with Gasteiger partial charge < -0.3 is 0 Å². The molecule has 0 nitrogen and oxygen atoms in total. The molecule has 0 spiro atoms. The first-order valence-corrected chi connectivity index (χ1v) is 17.0. The van der Waals surface area contributed by atoms with Gasteiger partial charge in [-0.1, -0.05) is 152 Å². The van der Waals surface area contributed by atoms with Gasteiger partial charge in [-0.3, -0.25) is 0 Å². The molecule has 0 aromatic heterocycles. The van der Waals surface area contributed by atoms with Crippen molar-refractivity contribution < 1.29 is 4.39 Å². The van der Waals surface area contributed by atoms with E-state index in [-0.39, 0.29) is 5.82 Å². The molecule has 1 heteroatoms. The molecular formula is C39H79F. The monoisotopic (exact) mass is 567 g/mol. The maximum atomic E-state index is 13.2. The molecule has 0 bridgehead atoms. The summed E-state index contributed by atoms with van der Waals surface area (Å²) < 4.78 is 13.2. The second-order valence-electron chi connectivity index (χ2n) is 10.3. The van der Waals surface area contributed by atoms with Crippen LogP contribution >= 0.6 is 0 Å². The van der Waals surface area contributed by atoms with E-state index in [1.165, 1.54) is 80.9 Å². The zero-order chi connectivity index (χ0) is 32.9. The van der Waals surface area contributed by atoms with Gasteiger partial charge >= 0.3 is 0 Å². The zero-order valence-electron chi connectivity index (χ0n) is 31.0. The fraction of sp³-hybridized carbons (Fsp3) is 0.744. The van der Waals surface area contributed by atoms with Crippen molar-refractivity contribution in [1.82, 2.24) is 0 Å². The third kappa shape index (κ3) is 49.6. The number of rotatable bonds is 6. The smallest absolute Gasteiger partial charge is 0.123 e. The molecule has 0 radical (unpaired) electrons. The molecule has 40 heavy (non-hydrogen) atoms. The van der Waals surface area contributed by atoms with Crippen LogP contribution < -0.4 is 0 Å². The Hall–Kier alpha value is -1.37. The van der Waals surface area contributed by atoms with E-state index in [0.29, 0.717) is 5.92 Å². The summed E-state index contributed by atoms with van der Waals surface area (Å²) >= 11 is 0. The van der Waals surface area contributed by atoms with Crippen LogP contribution in [0.2, 0.25) is 0 Å². The summed E-state index contributed by atoms with van der Waals surface area (Å²) in [5.41, 5.74) is 4.68. The Morgan fingerprint density at radius 2 is 1.12 bits per heavy atom. The Morgan fingerprint density at radius 1 is 0.775 bits per heavy atom. The summed E-state index contributed by atoms with van der Waals surface area (Å²) in [7, 11) is 0. The first-order chi connectivity index (χ1) is 19.0. The van der Waals surface area contributed by atoms with Gasteiger partial charge in [0.05, 0.1) is 0 Å². The van der Waals surface area contributed by atoms with Crippen molar-refractivity contribution in [1.29, 1.82) is 0 Å². The minimum absolute atomic E-state index is 0.0782. The molecule has 0 aliphatic heterocycles. The van der Waals surface area contributed by atoms with Gasteiger partial charge in [-0.2, -0.15) is 0 Å². The average molecular weight is 567 g/mol. The van der Waals surface area contributed by atoms with Crippen molar-refractivity contribution >= 4 is 0 Å². The van der Waals surface area contributed by atoms with Gasteiger partial charge in [-0.25, -0.2) is 4.39 Å². The van der Waals surface area contributed by atoms with Crippen molar-refractivity contribution in [2.45, 2.75) is 187 Å². The molecule has 1 aromatic rings. The maximum Gasteiger partial charge on any atom is 0.123 e. The Balaban J connectivity index is -0.0000000957. The van der Waals surface area contributed by atoms with E-state index in [9.17, 15) is 4.39 Å². The van der Waals surface area contributed by atoms with Crippen LogP contribution in [0.1, 0.15) is 192 Å². The molecule has 0 saturated heterocycles. The van der Waals surface area contributed by atoms with Gasteiger partial charge in [0.1, 0.15) is 5.82 Å². The van der Waals surface area contributed by atoms with E-state index in [2.05, 4.69) is 60.8 Å². The molecule has 1 fully saturated rings. The van der Waals surface area contributed by atoms with Crippen molar-refractivity contribution in [3.63, 3.8) is 0 Å². The highest BCUT2D eigenvalue weighted by atomic mass is 19.1. The SMILES string of the molecule is C=C(C)C.C=C(C)CC.CC.CC.CC.CCC.CCCC(C)CCC.Cc1cc(F)cc(C2CCCCC2)c1. The van der Waals surface area contributed by atoms with Crippen LogP contribution in [0.25, 0.3) is 0 Å². The van der Waals surface area contributed by atoms with Gasteiger partial charge in [0.2, 0.25) is 0 Å². The Morgan fingerprint density at radius 3 is 1.40 bits per heavy atom. The van der Waals surface area contributed by atoms with Crippen molar-refractivity contribution in [3.8, 4) is 0 Å². The van der Waals surface area contributed by atoms with E-state index >= 15 is 0 Å². The number of allylic oxidation sites excluding steroid dienone is 2. The summed E-state index contributed by atoms with van der Waals surface area (Å²) in [6, 6.07) is 5.45. The van der Waals surface area contributed by atoms with E-state index in [0.717, 1.165) is 17.9 Å². The number of aryl methyl sites for hydroxylation is 1. The van der Waals surface area contributed by atoms with Crippen molar-refractivity contribution in [2.75, 3.05) is 0 Å². The highest BCUT2D eigenvalue weighted by Crippen LogP contribution is 2.33. The molecule has 0 heterocycles. The van der Waals surface area contributed by atoms with Crippen LogP contribution in [0, 0.1) is 18.7 Å². The lowest BCUT2D eigenvalue weighted by Gasteiger charge is -2.22. The molecule has 1 aromatic carbocycles. The van der Waals surface area contributed by atoms with Crippen LogP contribution in [0.4, 0.5) is 4.39 Å². The largest absolute Gasteiger partial charge is 0.207 e. The molecular weight excluding hydrogens is 487 g/mol. The standard InChI is InChI=1S/C13H17F.C8H18.C5H10.C4H8.C3H8.3C2H6/c1-10-7-12(9-13(14)8-10)11-5-3-2-4-6-11;1-4-6-8(3)7-5-2;1-4-5(2)3;1-4(2)3;1-3-2;3*1-2/h7-9,11H,2-6H2,1H3;8H,4-7H2,1-3H3;2,4H2,1,3H3;1H2,2-3H3;3H2,1-2H3;3*1-2H3. The van der Waals surface area contributed by atoms with Gasteiger partial charge in [-0.15, -0.1) is 13.2 Å². The summed E-state index contributed by atoms with van der Waals surface area (Å²) in [4.78, 5) is 0. The third-order valence-corrected chi connectivity index (χ3v) is 5.31. The molecule has 242 valence electrons. The molecule has 0 atom stereocenters. The van der Waals surface area contributed by atoms with Crippen LogP contribution in [0.3, 0.4) is 0 Å². The average Bonchev–Trinajstić information content (AvgIpc) is 2.93. The lowest BCUT2D eigenvalue weighted by Crippen LogP contribution is -2.05. The highest BCUT2D eigenvalue weighted by Gasteiger charge is 2.16. The van der Waals surface area contributed by atoms with E-state index in [1.54, 1.807) is 12.1 Å². The molecule has 1 aliphatic rings. The molecule has 2 rings (SSSR count). The minimum Gasteiger partial charge on any atom is -0.207 e. The fourth-order valence-electron chi connectivity index (χ4n) is 3.57. The second kappa shape index (κ2) is 44.6. The Bertz CT molecular complexity index is 563. The van der Waals surface area contributed by atoms with Crippen LogP contribution in [0.15, 0.2) is 42.5 Å². The number of halogens is 1. The molecule has 1 aliphatic carbocycles. The van der Waals surface area contributed by atoms with Gasteiger partial charge in [-0.05, 0) is 82.1 Å². The first-order valence-electron chi connectivity index (χ1n) is 17.0. The van der Waals surface area contributed by atoms with E-state index in [4.69, 9.17) is 0 Å². The predicted octanol–water partition coefficient (Wildman–Crippen LogP) is 15.5. The van der Waals surface area contributed by atoms with Crippen LogP contribution in [-0.4, -0.2) is 0 Å². The summed E-state index contributed by atoms with van der Waals surface area (Å²) in [6.45, 7) is 40.4. The summed E-state index contributed by atoms with van der Waals surface area (Å²) in [5, 5.41) is 0. The molecule has 1 saturated carbocycles. The molecule has 0 unspecified atom stereocenters. The highest BCUT2D eigenvalue weighted by molar-refractivity contribution is 5.26. The maximum absolute atomic E-state index is 13.2. The third-order valence-electron chi connectivity index (χ3n) is 5.31.